The maximum Gasteiger partial charge on any atom is 0.267 e. The first-order valence-electron chi connectivity index (χ1n) is 5.09. The highest BCUT2D eigenvalue weighted by molar-refractivity contribution is 9.10. The van der Waals surface area contributed by atoms with Crippen LogP contribution in [-0.2, 0) is 0 Å². The van der Waals surface area contributed by atoms with Gasteiger partial charge in [-0.2, -0.15) is 0 Å². The molecule has 0 radical (unpaired) electrons. The molecule has 88 valence electrons. The molecule has 0 bridgehead atoms. The number of halogens is 1. The summed E-state index contributed by atoms with van der Waals surface area (Å²) < 4.78 is 0.848. The van der Waals surface area contributed by atoms with Gasteiger partial charge in [0.05, 0.1) is 5.56 Å². The Kier molecular flexibility index (Phi) is 4.76. The predicted octanol–water partition coefficient (Wildman–Crippen LogP) is 2.12. The number of carbonyl (C=O) groups is 1. The molecule has 1 amide bonds. The minimum atomic E-state index is -0.299. The van der Waals surface area contributed by atoms with Crippen LogP contribution in [0.1, 0.15) is 24.2 Å². The zero-order chi connectivity index (χ0) is 12.1. The molecule has 1 aromatic carbocycles. The number of hydrogen-bond donors (Lipinski definition) is 3. The lowest BCUT2D eigenvalue weighted by Gasteiger charge is -2.13. The summed E-state index contributed by atoms with van der Waals surface area (Å²) in [5.41, 5.74) is 3.47. The molecule has 1 rings (SSSR count). The van der Waals surface area contributed by atoms with E-state index in [0.29, 0.717) is 11.5 Å². The average Bonchev–Trinajstić information content (AvgIpc) is 2.26. The van der Waals surface area contributed by atoms with Gasteiger partial charge in [0.25, 0.3) is 5.91 Å². The number of hydrogen-bond acceptors (Lipinski definition) is 3. The topological polar surface area (TPSA) is 67.2 Å². The number of nitrogens with two attached hydrogens (primary N) is 1. The quantitative estimate of drug-likeness (QED) is 0.451. The van der Waals surface area contributed by atoms with Gasteiger partial charge in [0.15, 0.2) is 0 Å². The summed E-state index contributed by atoms with van der Waals surface area (Å²) in [6, 6.07) is 5.48. The van der Waals surface area contributed by atoms with E-state index in [-0.39, 0.29) is 5.91 Å². The number of rotatable bonds is 4. The molecule has 0 aliphatic heterocycles. The van der Waals surface area contributed by atoms with E-state index in [4.69, 9.17) is 5.84 Å². The average molecular weight is 286 g/mol. The van der Waals surface area contributed by atoms with Gasteiger partial charge in [0.2, 0.25) is 0 Å². The molecule has 0 unspecified atom stereocenters. The lowest BCUT2D eigenvalue weighted by atomic mass is 10.1. The zero-order valence-electron chi connectivity index (χ0n) is 9.38. The Hall–Kier alpha value is -1.07. The Morgan fingerprint density at radius 3 is 2.75 bits per heavy atom. The molecular formula is C11H16BrN3O. The Morgan fingerprint density at radius 2 is 2.19 bits per heavy atom. The first kappa shape index (κ1) is 13.0. The number of nitrogen functional groups attached to an aromatic ring is 1. The third kappa shape index (κ3) is 3.50. The van der Waals surface area contributed by atoms with E-state index in [9.17, 15) is 4.79 Å². The summed E-state index contributed by atoms with van der Waals surface area (Å²) in [6.45, 7) is 5.02. The first-order valence-corrected chi connectivity index (χ1v) is 5.88. The van der Waals surface area contributed by atoms with E-state index < -0.39 is 0 Å². The van der Waals surface area contributed by atoms with Gasteiger partial charge in [-0.3, -0.25) is 10.2 Å². The van der Waals surface area contributed by atoms with Crippen LogP contribution in [0.25, 0.3) is 0 Å². The van der Waals surface area contributed by atoms with E-state index in [2.05, 4.69) is 40.5 Å². The Morgan fingerprint density at radius 1 is 1.50 bits per heavy atom. The highest BCUT2D eigenvalue weighted by atomic mass is 79.9. The molecule has 4 nitrogen and oxygen atoms in total. The van der Waals surface area contributed by atoms with Crippen LogP contribution in [0.15, 0.2) is 22.7 Å². The summed E-state index contributed by atoms with van der Waals surface area (Å²) >= 11 is 3.33. The molecule has 0 heterocycles. The fourth-order valence-electron chi connectivity index (χ4n) is 1.25. The number of benzene rings is 1. The Labute approximate surface area is 104 Å². The summed E-state index contributed by atoms with van der Waals surface area (Å²) in [6.07, 6.45) is 0. The second kappa shape index (κ2) is 5.86. The van der Waals surface area contributed by atoms with Crippen LogP contribution in [0.2, 0.25) is 0 Å². The van der Waals surface area contributed by atoms with E-state index in [1.165, 1.54) is 0 Å². The molecule has 0 aliphatic carbocycles. The molecule has 0 aromatic heterocycles. The van der Waals surface area contributed by atoms with Crippen LogP contribution < -0.4 is 16.6 Å². The second-order valence-corrected chi connectivity index (χ2v) is 4.85. The van der Waals surface area contributed by atoms with Crippen LogP contribution in [0.3, 0.4) is 0 Å². The van der Waals surface area contributed by atoms with Crippen molar-refractivity contribution in [3.8, 4) is 0 Å². The van der Waals surface area contributed by atoms with Gasteiger partial charge in [0.1, 0.15) is 0 Å². The minimum Gasteiger partial charge on any atom is -0.384 e. The Balaban J connectivity index is 2.93. The van der Waals surface area contributed by atoms with Crippen molar-refractivity contribution in [2.24, 2.45) is 11.8 Å². The van der Waals surface area contributed by atoms with Gasteiger partial charge in [-0.15, -0.1) is 0 Å². The highest BCUT2D eigenvalue weighted by Crippen LogP contribution is 2.21. The zero-order valence-corrected chi connectivity index (χ0v) is 11.0. The molecule has 0 saturated heterocycles. The van der Waals surface area contributed by atoms with Crippen LogP contribution in [-0.4, -0.2) is 12.5 Å². The maximum atomic E-state index is 11.5. The van der Waals surface area contributed by atoms with Crippen molar-refractivity contribution in [2.45, 2.75) is 13.8 Å². The molecule has 5 heteroatoms. The maximum absolute atomic E-state index is 11.5. The lowest BCUT2D eigenvalue weighted by molar-refractivity contribution is 0.0954. The predicted molar refractivity (Wildman–Crippen MR) is 69.1 cm³/mol. The second-order valence-electron chi connectivity index (χ2n) is 3.94. The summed E-state index contributed by atoms with van der Waals surface area (Å²) in [5.74, 6) is 5.35. The molecular weight excluding hydrogens is 270 g/mol. The van der Waals surface area contributed by atoms with Crippen LogP contribution in [0.4, 0.5) is 5.69 Å². The number of amides is 1. The van der Waals surface area contributed by atoms with E-state index in [1.54, 1.807) is 6.07 Å². The number of hydrazine groups is 1. The van der Waals surface area contributed by atoms with Gasteiger partial charge in [-0.25, -0.2) is 5.84 Å². The third-order valence-electron chi connectivity index (χ3n) is 2.06. The van der Waals surface area contributed by atoms with Crippen LogP contribution >= 0.6 is 15.9 Å². The monoisotopic (exact) mass is 285 g/mol. The van der Waals surface area contributed by atoms with Crippen LogP contribution in [0, 0.1) is 5.92 Å². The number of anilines is 1. The van der Waals surface area contributed by atoms with Crippen LogP contribution in [0.5, 0.6) is 0 Å². The van der Waals surface area contributed by atoms with E-state index in [1.807, 2.05) is 12.1 Å². The van der Waals surface area contributed by atoms with Gasteiger partial charge in [-0.1, -0.05) is 29.8 Å². The smallest absolute Gasteiger partial charge is 0.267 e. The van der Waals surface area contributed by atoms with Crippen molar-refractivity contribution in [2.75, 3.05) is 11.9 Å². The SMILES string of the molecule is CC(C)CNc1ccc(Br)cc1C(=O)NN. The van der Waals surface area contributed by atoms with Gasteiger partial charge in [-0.05, 0) is 24.1 Å². The summed E-state index contributed by atoms with van der Waals surface area (Å²) in [7, 11) is 0. The normalized spacial score (nSPS) is 10.3. The molecule has 0 saturated carbocycles. The van der Waals surface area contributed by atoms with Crippen molar-refractivity contribution in [1.29, 1.82) is 0 Å². The minimum absolute atomic E-state index is 0.299. The van der Waals surface area contributed by atoms with Gasteiger partial charge < -0.3 is 5.32 Å². The van der Waals surface area contributed by atoms with Crippen molar-refractivity contribution in [3.05, 3.63) is 28.2 Å². The summed E-state index contributed by atoms with van der Waals surface area (Å²) in [4.78, 5) is 11.5. The molecule has 1 aromatic rings. The highest BCUT2D eigenvalue weighted by Gasteiger charge is 2.10. The van der Waals surface area contributed by atoms with Crippen molar-refractivity contribution in [3.63, 3.8) is 0 Å². The van der Waals surface area contributed by atoms with E-state index >= 15 is 0 Å². The third-order valence-corrected chi connectivity index (χ3v) is 2.55. The first-order chi connectivity index (χ1) is 7.54. The fraction of sp³-hybridized carbons (Fsp3) is 0.364. The van der Waals surface area contributed by atoms with Crippen molar-refractivity contribution in [1.82, 2.24) is 5.43 Å². The molecule has 0 aliphatic rings. The largest absolute Gasteiger partial charge is 0.384 e. The van der Waals surface area contributed by atoms with Gasteiger partial charge in [0, 0.05) is 16.7 Å². The number of carbonyl (C=O) groups excluding carboxylic acids is 1. The van der Waals surface area contributed by atoms with Gasteiger partial charge >= 0.3 is 0 Å². The molecule has 16 heavy (non-hydrogen) atoms. The summed E-state index contributed by atoms with van der Waals surface area (Å²) in [5, 5.41) is 3.22. The Bertz CT molecular complexity index is 379. The molecule has 0 atom stereocenters. The standard InChI is InChI=1S/C11H16BrN3O/c1-7(2)6-14-10-4-3-8(12)5-9(10)11(16)15-13/h3-5,7,14H,6,13H2,1-2H3,(H,15,16). The fourth-order valence-corrected chi connectivity index (χ4v) is 1.61. The van der Waals surface area contributed by atoms with Crippen molar-refractivity contribution >= 4 is 27.5 Å². The molecule has 4 N–H and O–H groups in total. The lowest BCUT2D eigenvalue weighted by Crippen LogP contribution is -2.30. The molecule has 0 fully saturated rings. The van der Waals surface area contributed by atoms with E-state index in [0.717, 1.165) is 16.7 Å². The number of nitrogens with one attached hydrogen (secondary N) is 2. The molecule has 0 spiro atoms. The van der Waals surface area contributed by atoms with Crippen molar-refractivity contribution < 1.29 is 4.79 Å².